The molecule has 6 heteroatoms. The summed E-state index contributed by atoms with van der Waals surface area (Å²) in [6.07, 6.45) is 4.57. The molecule has 0 fully saturated rings. The molecule has 1 atom stereocenters. The summed E-state index contributed by atoms with van der Waals surface area (Å²) in [4.78, 5) is 15.4. The number of aryl methyl sites for hydroxylation is 1. The van der Waals surface area contributed by atoms with Crippen molar-refractivity contribution in [2.24, 2.45) is 7.05 Å². The molecule has 2 heterocycles. The second-order valence-electron chi connectivity index (χ2n) is 6.15. The van der Waals surface area contributed by atoms with E-state index in [1.807, 2.05) is 0 Å². The van der Waals surface area contributed by atoms with E-state index in [1.54, 1.807) is 18.5 Å². The summed E-state index contributed by atoms with van der Waals surface area (Å²) in [7, 11) is 1.50. The maximum Gasteiger partial charge on any atom is 0.256 e. The van der Waals surface area contributed by atoms with Gasteiger partial charge in [0.15, 0.2) is 0 Å². The summed E-state index contributed by atoms with van der Waals surface area (Å²) in [5.74, 6) is 9.08. The monoisotopic (exact) mass is 378 g/mol. The van der Waals surface area contributed by atoms with Crippen LogP contribution in [0.25, 0.3) is 0 Å². The Balaban J connectivity index is 2.06. The van der Waals surface area contributed by atoms with Crippen molar-refractivity contribution in [2.45, 2.75) is 12.0 Å². The Hall–Kier alpha value is -3.61. The molecule has 28 heavy (non-hydrogen) atoms. The van der Waals surface area contributed by atoms with Gasteiger partial charge in [0.1, 0.15) is 17.2 Å². The Bertz CT molecular complexity index is 1170. The molecule has 0 spiro atoms. The Morgan fingerprint density at radius 2 is 2.00 bits per heavy atom. The maximum absolute atomic E-state index is 14.4. The fourth-order valence-corrected chi connectivity index (χ4v) is 2.78. The number of H-pyrrole nitrogens is 1. The molecule has 4 nitrogen and oxygen atoms in total. The van der Waals surface area contributed by atoms with Crippen LogP contribution in [0.2, 0.25) is 0 Å². The molecule has 0 aliphatic rings. The van der Waals surface area contributed by atoms with Gasteiger partial charge < -0.3 is 14.7 Å². The van der Waals surface area contributed by atoms with E-state index >= 15 is 0 Å². The number of aromatic nitrogens is 2. The molecule has 1 aromatic carbocycles. The fourth-order valence-electron chi connectivity index (χ4n) is 2.78. The van der Waals surface area contributed by atoms with Gasteiger partial charge >= 0.3 is 0 Å². The first-order chi connectivity index (χ1) is 13.4. The first-order valence-corrected chi connectivity index (χ1v) is 8.37. The van der Waals surface area contributed by atoms with Gasteiger partial charge in [0.25, 0.3) is 5.56 Å². The highest BCUT2D eigenvalue weighted by atomic mass is 19.1. The van der Waals surface area contributed by atoms with E-state index in [1.165, 1.54) is 29.9 Å². The zero-order valence-corrected chi connectivity index (χ0v) is 15.0. The van der Waals surface area contributed by atoms with Crippen LogP contribution < -0.4 is 5.56 Å². The molecular formula is C22H16F2N2O2. The van der Waals surface area contributed by atoms with Gasteiger partial charge in [-0.15, -0.1) is 0 Å². The highest BCUT2D eigenvalue weighted by Gasteiger charge is 2.36. The molecule has 2 N–H and O–H groups in total. The Kier molecular flexibility index (Phi) is 5.44. The third-order valence-corrected chi connectivity index (χ3v) is 4.24. The van der Waals surface area contributed by atoms with Crippen LogP contribution in [0.4, 0.5) is 8.78 Å². The summed E-state index contributed by atoms with van der Waals surface area (Å²) in [5, 5.41) is 11.3. The largest absolute Gasteiger partial charge is 0.379 e. The number of halogens is 2. The molecular weight excluding hydrogens is 362 g/mol. The number of aliphatic hydroxyl groups is 1. The van der Waals surface area contributed by atoms with E-state index in [0.717, 1.165) is 23.8 Å². The number of nitrogens with zero attached hydrogens (tertiary/aromatic N) is 1. The van der Waals surface area contributed by atoms with Crippen molar-refractivity contribution in [3.63, 3.8) is 0 Å². The number of nitrogens with one attached hydrogen (secondary N) is 1. The SMILES string of the molecule is Cn1cccc(C(O)(CC#CC#Cc2cc[nH]c2)c2cc(F)ccc2F)c1=O. The number of pyridine rings is 1. The number of aromatic amines is 1. The van der Waals surface area contributed by atoms with E-state index < -0.39 is 22.8 Å². The van der Waals surface area contributed by atoms with Crippen LogP contribution >= 0.6 is 0 Å². The average molecular weight is 378 g/mol. The van der Waals surface area contributed by atoms with Gasteiger partial charge in [0.2, 0.25) is 0 Å². The van der Waals surface area contributed by atoms with E-state index in [9.17, 15) is 18.7 Å². The minimum Gasteiger partial charge on any atom is -0.379 e. The highest BCUT2D eigenvalue weighted by molar-refractivity contribution is 5.41. The predicted octanol–water partition coefficient (Wildman–Crippen LogP) is 2.67. The minimum absolute atomic E-state index is 0.102. The first-order valence-electron chi connectivity index (χ1n) is 8.37. The van der Waals surface area contributed by atoms with Gasteiger partial charge in [0, 0.05) is 43.2 Å². The van der Waals surface area contributed by atoms with Crippen LogP contribution in [0.1, 0.15) is 23.1 Å². The van der Waals surface area contributed by atoms with E-state index in [-0.39, 0.29) is 17.5 Å². The van der Waals surface area contributed by atoms with Crippen LogP contribution in [0.3, 0.4) is 0 Å². The van der Waals surface area contributed by atoms with Crippen LogP contribution in [-0.2, 0) is 12.6 Å². The van der Waals surface area contributed by atoms with Gasteiger partial charge in [0.05, 0.1) is 5.56 Å². The van der Waals surface area contributed by atoms with E-state index in [2.05, 4.69) is 28.7 Å². The van der Waals surface area contributed by atoms with Crippen LogP contribution in [-0.4, -0.2) is 14.7 Å². The standard InChI is InChI=1S/C22H16F2N2O2/c1-26-13-5-7-18(21(26)27)22(28,19-14-17(23)8-9-20(19)24)11-4-2-3-6-16-10-12-25-15-16/h5,7-10,12-15,25,28H,11H2,1H3. The van der Waals surface area contributed by atoms with Crippen molar-refractivity contribution in [1.82, 2.24) is 9.55 Å². The minimum atomic E-state index is -2.13. The third kappa shape index (κ3) is 3.88. The smallest absolute Gasteiger partial charge is 0.256 e. The number of benzene rings is 1. The zero-order valence-electron chi connectivity index (χ0n) is 15.0. The molecule has 3 rings (SSSR count). The van der Waals surface area contributed by atoms with Crippen molar-refractivity contribution < 1.29 is 13.9 Å². The molecule has 2 aromatic heterocycles. The summed E-state index contributed by atoms with van der Waals surface area (Å²) in [6, 6.07) is 7.40. The Labute approximate surface area is 160 Å². The molecule has 0 amide bonds. The third-order valence-electron chi connectivity index (χ3n) is 4.24. The van der Waals surface area contributed by atoms with Gasteiger partial charge in [-0.2, -0.15) is 0 Å². The molecule has 3 aromatic rings. The lowest BCUT2D eigenvalue weighted by Gasteiger charge is -2.27. The number of hydrogen-bond acceptors (Lipinski definition) is 2. The first kappa shape index (κ1) is 19.2. The van der Waals surface area contributed by atoms with E-state index in [4.69, 9.17) is 0 Å². The van der Waals surface area contributed by atoms with Gasteiger partial charge in [-0.05, 0) is 48.2 Å². The quantitative estimate of drug-likeness (QED) is 0.689. The maximum atomic E-state index is 14.4. The Morgan fingerprint density at radius 3 is 2.75 bits per heavy atom. The normalized spacial score (nSPS) is 12.3. The topological polar surface area (TPSA) is 58.0 Å². The van der Waals surface area contributed by atoms with Gasteiger partial charge in [-0.1, -0.05) is 11.8 Å². The second kappa shape index (κ2) is 7.96. The highest BCUT2D eigenvalue weighted by Crippen LogP contribution is 2.33. The second-order valence-corrected chi connectivity index (χ2v) is 6.15. The van der Waals surface area contributed by atoms with Gasteiger partial charge in [-0.25, -0.2) is 8.78 Å². The van der Waals surface area contributed by atoms with Crippen LogP contribution in [0, 0.1) is 35.3 Å². The molecule has 0 saturated carbocycles. The van der Waals surface area contributed by atoms with Crippen LogP contribution in [0.15, 0.2) is 59.8 Å². The Morgan fingerprint density at radius 1 is 1.18 bits per heavy atom. The van der Waals surface area contributed by atoms with E-state index in [0.29, 0.717) is 0 Å². The number of hydrogen-bond donors (Lipinski definition) is 2. The molecule has 0 radical (unpaired) electrons. The average Bonchev–Trinajstić information content (AvgIpc) is 3.19. The van der Waals surface area contributed by atoms with Crippen molar-refractivity contribution in [2.75, 3.05) is 0 Å². The molecule has 140 valence electrons. The summed E-state index contributed by atoms with van der Waals surface area (Å²) < 4.78 is 29.4. The summed E-state index contributed by atoms with van der Waals surface area (Å²) >= 11 is 0. The lowest BCUT2D eigenvalue weighted by atomic mass is 9.84. The van der Waals surface area contributed by atoms with Crippen molar-refractivity contribution in [3.8, 4) is 23.7 Å². The lowest BCUT2D eigenvalue weighted by molar-refractivity contribution is 0.0800. The summed E-state index contributed by atoms with van der Waals surface area (Å²) in [5.41, 5.74) is -2.39. The van der Waals surface area contributed by atoms with Crippen molar-refractivity contribution >= 4 is 0 Å². The molecule has 0 aliphatic heterocycles. The van der Waals surface area contributed by atoms with Crippen molar-refractivity contribution in [1.29, 1.82) is 0 Å². The summed E-state index contributed by atoms with van der Waals surface area (Å²) in [6.45, 7) is 0. The molecule has 0 saturated heterocycles. The molecule has 0 bridgehead atoms. The van der Waals surface area contributed by atoms with Gasteiger partial charge in [-0.3, -0.25) is 4.79 Å². The predicted molar refractivity (Wildman–Crippen MR) is 101 cm³/mol. The van der Waals surface area contributed by atoms with Crippen LogP contribution in [0.5, 0.6) is 0 Å². The fraction of sp³-hybridized carbons (Fsp3) is 0.136. The molecule has 0 aliphatic carbocycles. The number of rotatable bonds is 3. The van der Waals surface area contributed by atoms with Crippen molar-refractivity contribution in [3.05, 3.63) is 93.7 Å². The zero-order chi connectivity index (χ0) is 20.1. The molecule has 1 unspecified atom stereocenters. The lowest BCUT2D eigenvalue weighted by Crippen LogP contribution is -2.36.